The fourth-order valence-corrected chi connectivity index (χ4v) is 2.79. The summed E-state index contributed by atoms with van der Waals surface area (Å²) in [4.78, 5) is 4.52. The van der Waals surface area contributed by atoms with Crippen LogP contribution in [0.4, 0.5) is 0 Å². The summed E-state index contributed by atoms with van der Waals surface area (Å²) in [5.41, 5.74) is 7.80. The lowest BCUT2D eigenvalue weighted by atomic mass is 10.2. The van der Waals surface area contributed by atoms with Gasteiger partial charge in [0.15, 0.2) is 0 Å². The number of hydrogen-bond acceptors (Lipinski definition) is 4. The molecule has 2 aromatic rings. The Morgan fingerprint density at radius 2 is 2.24 bits per heavy atom. The predicted molar refractivity (Wildman–Crippen MR) is 74.4 cm³/mol. The number of methoxy groups -OCH3 is 1. The average molecular weight is 313 g/mol. The van der Waals surface area contributed by atoms with Crippen LogP contribution in [-0.4, -0.2) is 12.1 Å². The third-order valence-corrected chi connectivity index (χ3v) is 4.07. The van der Waals surface area contributed by atoms with Gasteiger partial charge in [0.05, 0.1) is 18.8 Å². The fourth-order valence-electron chi connectivity index (χ4n) is 1.45. The summed E-state index contributed by atoms with van der Waals surface area (Å²) in [7, 11) is 1.65. The van der Waals surface area contributed by atoms with Gasteiger partial charge in [-0.3, -0.25) is 0 Å². The lowest BCUT2D eigenvalue weighted by molar-refractivity contribution is 0.414. The standard InChI is InChI=1S/C12H13BrN2OS/c1-7(14)12-15-11(6-17-12)9-4-3-8(16-2)5-10(9)13/h3-7H,14H2,1-2H3. The number of aromatic nitrogens is 1. The first-order valence-corrected chi connectivity index (χ1v) is 6.84. The molecule has 0 amide bonds. The molecular formula is C12H13BrN2OS. The Labute approximate surface area is 113 Å². The topological polar surface area (TPSA) is 48.1 Å². The Bertz CT molecular complexity index is 525. The molecule has 0 fully saturated rings. The van der Waals surface area contributed by atoms with Crippen molar-refractivity contribution in [3.63, 3.8) is 0 Å². The quantitative estimate of drug-likeness (QED) is 0.942. The van der Waals surface area contributed by atoms with E-state index in [1.54, 1.807) is 18.4 Å². The third kappa shape index (κ3) is 2.68. The first kappa shape index (κ1) is 12.5. The maximum Gasteiger partial charge on any atom is 0.120 e. The maximum atomic E-state index is 5.81. The van der Waals surface area contributed by atoms with Gasteiger partial charge < -0.3 is 10.5 Å². The molecule has 0 spiro atoms. The summed E-state index contributed by atoms with van der Waals surface area (Å²) in [6.45, 7) is 1.94. The molecule has 0 aliphatic heterocycles. The minimum Gasteiger partial charge on any atom is -0.497 e. The van der Waals surface area contributed by atoms with Crippen molar-refractivity contribution in [3.05, 3.63) is 33.1 Å². The van der Waals surface area contributed by atoms with E-state index in [0.717, 1.165) is 26.5 Å². The normalized spacial score (nSPS) is 12.5. The van der Waals surface area contributed by atoms with Crippen molar-refractivity contribution in [2.24, 2.45) is 5.73 Å². The second-order valence-electron chi connectivity index (χ2n) is 3.71. The molecule has 0 bridgehead atoms. The van der Waals surface area contributed by atoms with E-state index >= 15 is 0 Å². The van der Waals surface area contributed by atoms with Crippen molar-refractivity contribution >= 4 is 27.3 Å². The minimum atomic E-state index is -0.0224. The molecule has 0 saturated heterocycles. The largest absolute Gasteiger partial charge is 0.497 e. The molecule has 5 heteroatoms. The number of benzene rings is 1. The van der Waals surface area contributed by atoms with Crippen LogP contribution in [0.25, 0.3) is 11.3 Å². The molecular weight excluding hydrogens is 300 g/mol. The van der Waals surface area contributed by atoms with Crippen molar-refractivity contribution in [1.29, 1.82) is 0 Å². The van der Waals surface area contributed by atoms with Gasteiger partial charge in [-0.1, -0.05) is 0 Å². The highest BCUT2D eigenvalue weighted by atomic mass is 79.9. The lowest BCUT2D eigenvalue weighted by Crippen LogP contribution is -2.03. The van der Waals surface area contributed by atoms with Gasteiger partial charge in [0, 0.05) is 15.4 Å². The molecule has 1 atom stereocenters. The first-order chi connectivity index (χ1) is 8.11. The number of nitrogens with two attached hydrogens (primary N) is 1. The lowest BCUT2D eigenvalue weighted by Gasteiger charge is -2.04. The van der Waals surface area contributed by atoms with Gasteiger partial charge in [-0.05, 0) is 41.1 Å². The van der Waals surface area contributed by atoms with Crippen molar-refractivity contribution < 1.29 is 4.74 Å². The zero-order valence-corrected chi connectivity index (χ0v) is 12.0. The van der Waals surface area contributed by atoms with Crippen molar-refractivity contribution in [2.45, 2.75) is 13.0 Å². The average Bonchev–Trinajstić information content (AvgIpc) is 2.78. The summed E-state index contributed by atoms with van der Waals surface area (Å²) in [5, 5.41) is 2.97. The highest BCUT2D eigenvalue weighted by Crippen LogP contribution is 2.32. The minimum absolute atomic E-state index is 0.0224. The predicted octanol–water partition coefficient (Wildman–Crippen LogP) is 3.60. The van der Waals surface area contributed by atoms with Crippen LogP contribution in [-0.2, 0) is 0 Å². The SMILES string of the molecule is COc1ccc(-c2csc(C(C)N)n2)c(Br)c1. The van der Waals surface area contributed by atoms with Crippen LogP contribution >= 0.6 is 27.3 Å². The Kier molecular flexibility index (Phi) is 3.81. The third-order valence-electron chi connectivity index (χ3n) is 2.36. The summed E-state index contributed by atoms with van der Waals surface area (Å²) in [6, 6.07) is 5.82. The van der Waals surface area contributed by atoms with Crippen LogP contribution in [0.1, 0.15) is 18.0 Å². The summed E-state index contributed by atoms with van der Waals surface area (Å²) in [6.07, 6.45) is 0. The number of thiazole rings is 1. The summed E-state index contributed by atoms with van der Waals surface area (Å²) in [5.74, 6) is 0.822. The number of hydrogen-bond donors (Lipinski definition) is 1. The number of ether oxygens (including phenoxy) is 1. The molecule has 1 aromatic heterocycles. The monoisotopic (exact) mass is 312 g/mol. The molecule has 1 unspecified atom stereocenters. The molecule has 3 nitrogen and oxygen atoms in total. The van der Waals surface area contributed by atoms with Crippen LogP contribution in [0, 0.1) is 0 Å². The first-order valence-electron chi connectivity index (χ1n) is 5.16. The van der Waals surface area contributed by atoms with E-state index in [4.69, 9.17) is 10.5 Å². The van der Waals surface area contributed by atoms with Gasteiger partial charge in [-0.2, -0.15) is 0 Å². The molecule has 17 heavy (non-hydrogen) atoms. The number of rotatable bonds is 3. The molecule has 0 aliphatic carbocycles. The van der Waals surface area contributed by atoms with Gasteiger partial charge in [0.25, 0.3) is 0 Å². The smallest absolute Gasteiger partial charge is 0.120 e. The molecule has 0 saturated carbocycles. The van der Waals surface area contributed by atoms with Gasteiger partial charge in [0.1, 0.15) is 10.8 Å². The van der Waals surface area contributed by atoms with Crippen LogP contribution < -0.4 is 10.5 Å². The molecule has 1 aromatic carbocycles. The van der Waals surface area contributed by atoms with E-state index < -0.39 is 0 Å². The van der Waals surface area contributed by atoms with Crippen LogP contribution in [0.2, 0.25) is 0 Å². The van der Waals surface area contributed by atoms with Crippen LogP contribution in [0.3, 0.4) is 0 Å². The van der Waals surface area contributed by atoms with E-state index in [-0.39, 0.29) is 6.04 Å². The molecule has 2 rings (SSSR count). The van der Waals surface area contributed by atoms with Gasteiger partial charge in [-0.25, -0.2) is 4.98 Å². The highest BCUT2D eigenvalue weighted by molar-refractivity contribution is 9.10. The Hall–Kier alpha value is -0.910. The number of halogens is 1. The Balaban J connectivity index is 2.38. The fraction of sp³-hybridized carbons (Fsp3) is 0.250. The van der Waals surface area contributed by atoms with Crippen LogP contribution in [0.5, 0.6) is 5.75 Å². The highest BCUT2D eigenvalue weighted by Gasteiger charge is 2.10. The number of nitrogens with zero attached hydrogens (tertiary/aromatic N) is 1. The van der Waals surface area contributed by atoms with E-state index in [2.05, 4.69) is 20.9 Å². The second-order valence-corrected chi connectivity index (χ2v) is 5.45. The van der Waals surface area contributed by atoms with Gasteiger partial charge in [0.2, 0.25) is 0 Å². The zero-order valence-electron chi connectivity index (χ0n) is 9.61. The second kappa shape index (κ2) is 5.16. The van der Waals surface area contributed by atoms with E-state index in [9.17, 15) is 0 Å². The van der Waals surface area contributed by atoms with Crippen molar-refractivity contribution in [2.75, 3.05) is 7.11 Å². The van der Waals surface area contributed by atoms with E-state index in [1.165, 1.54) is 0 Å². The van der Waals surface area contributed by atoms with Gasteiger partial charge >= 0.3 is 0 Å². The summed E-state index contributed by atoms with van der Waals surface area (Å²) < 4.78 is 6.13. The van der Waals surface area contributed by atoms with Crippen LogP contribution in [0.15, 0.2) is 28.1 Å². The molecule has 90 valence electrons. The van der Waals surface area contributed by atoms with Gasteiger partial charge in [-0.15, -0.1) is 11.3 Å². The van der Waals surface area contributed by atoms with E-state index in [1.807, 2.05) is 30.5 Å². The summed E-state index contributed by atoms with van der Waals surface area (Å²) >= 11 is 5.11. The molecule has 2 N–H and O–H groups in total. The Morgan fingerprint density at radius 3 is 2.76 bits per heavy atom. The maximum absolute atomic E-state index is 5.81. The Morgan fingerprint density at radius 1 is 1.47 bits per heavy atom. The van der Waals surface area contributed by atoms with E-state index in [0.29, 0.717) is 0 Å². The van der Waals surface area contributed by atoms with Crippen molar-refractivity contribution in [3.8, 4) is 17.0 Å². The zero-order chi connectivity index (χ0) is 12.4. The van der Waals surface area contributed by atoms with Crippen molar-refractivity contribution in [1.82, 2.24) is 4.98 Å². The molecule has 1 heterocycles. The molecule has 0 aliphatic rings. The molecule has 0 radical (unpaired) electrons.